The lowest BCUT2D eigenvalue weighted by Crippen LogP contribution is -2.53. The lowest BCUT2D eigenvalue weighted by molar-refractivity contribution is 0.0754. The summed E-state index contributed by atoms with van der Waals surface area (Å²) in [4.78, 5) is 5.10. The third kappa shape index (κ3) is 2.71. The standard InChI is InChI=1S/C12H25N3/c1-14-7-3-2-4-11(14)5-8-15-9-6-12(15)10-13/h11-12H,2-10,13H2,1H3. The van der Waals surface area contributed by atoms with Crippen LogP contribution in [0, 0.1) is 0 Å². The van der Waals surface area contributed by atoms with Gasteiger partial charge in [0.15, 0.2) is 0 Å². The van der Waals surface area contributed by atoms with Gasteiger partial charge in [-0.05, 0) is 45.8 Å². The van der Waals surface area contributed by atoms with Crippen LogP contribution in [0.2, 0.25) is 0 Å². The van der Waals surface area contributed by atoms with Crippen LogP contribution >= 0.6 is 0 Å². The molecule has 0 aromatic carbocycles. The highest BCUT2D eigenvalue weighted by atomic mass is 15.2. The molecule has 0 aromatic rings. The van der Waals surface area contributed by atoms with Crippen LogP contribution in [-0.2, 0) is 0 Å². The van der Waals surface area contributed by atoms with Crippen molar-refractivity contribution in [1.29, 1.82) is 0 Å². The van der Waals surface area contributed by atoms with Gasteiger partial charge in [-0.3, -0.25) is 4.90 Å². The second kappa shape index (κ2) is 5.28. The third-order valence-electron chi connectivity index (χ3n) is 4.21. The van der Waals surface area contributed by atoms with Crippen LogP contribution < -0.4 is 5.73 Å². The fraction of sp³-hybridized carbons (Fsp3) is 1.00. The molecule has 2 N–H and O–H groups in total. The molecule has 2 saturated heterocycles. The first kappa shape index (κ1) is 11.4. The van der Waals surface area contributed by atoms with E-state index in [4.69, 9.17) is 5.73 Å². The Hall–Kier alpha value is -0.120. The zero-order valence-corrected chi connectivity index (χ0v) is 9.99. The van der Waals surface area contributed by atoms with E-state index in [2.05, 4.69) is 16.8 Å². The molecule has 2 aliphatic rings. The Bertz CT molecular complexity index is 193. The molecule has 88 valence electrons. The Morgan fingerprint density at radius 2 is 2.00 bits per heavy atom. The first-order chi connectivity index (χ1) is 7.31. The van der Waals surface area contributed by atoms with Gasteiger partial charge in [0.25, 0.3) is 0 Å². The van der Waals surface area contributed by atoms with E-state index >= 15 is 0 Å². The minimum absolute atomic E-state index is 0.693. The Labute approximate surface area is 93.6 Å². The van der Waals surface area contributed by atoms with E-state index in [1.54, 1.807) is 0 Å². The van der Waals surface area contributed by atoms with Gasteiger partial charge in [-0.25, -0.2) is 0 Å². The van der Waals surface area contributed by atoms with Crippen LogP contribution in [0.5, 0.6) is 0 Å². The van der Waals surface area contributed by atoms with Crippen molar-refractivity contribution in [3.63, 3.8) is 0 Å². The van der Waals surface area contributed by atoms with Gasteiger partial charge in [0.2, 0.25) is 0 Å². The number of piperidine rings is 1. The van der Waals surface area contributed by atoms with E-state index < -0.39 is 0 Å². The highest BCUT2D eigenvalue weighted by molar-refractivity contribution is 4.85. The molecule has 2 unspecified atom stereocenters. The van der Waals surface area contributed by atoms with Crippen molar-refractivity contribution in [1.82, 2.24) is 9.80 Å². The van der Waals surface area contributed by atoms with Crippen molar-refractivity contribution in [3.05, 3.63) is 0 Å². The fourth-order valence-corrected chi connectivity index (χ4v) is 2.88. The van der Waals surface area contributed by atoms with E-state index in [-0.39, 0.29) is 0 Å². The number of nitrogens with zero attached hydrogens (tertiary/aromatic N) is 2. The molecule has 0 aliphatic carbocycles. The van der Waals surface area contributed by atoms with Crippen molar-refractivity contribution >= 4 is 0 Å². The summed E-state index contributed by atoms with van der Waals surface area (Å²) in [6.45, 7) is 4.68. The predicted octanol–water partition coefficient (Wildman–Crippen LogP) is 0.894. The molecule has 0 saturated carbocycles. The molecule has 2 fully saturated rings. The van der Waals surface area contributed by atoms with E-state index in [0.717, 1.165) is 12.6 Å². The number of hydrogen-bond donors (Lipinski definition) is 1. The molecule has 0 radical (unpaired) electrons. The lowest BCUT2D eigenvalue weighted by atomic mass is 9.97. The van der Waals surface area contributed by atoms with Gasteiger partial charge in [0, 0.05) is 25.2 Å². The Kier molecular flexibility index (Phi) is 4.00. The molecule has 0 aromatic heterocycles. The fourth-order valence-electron chi connectivity index (χ4n) is 2.88. The molecule has 0 spiro atoms. The summed E-state index contributed by atoms with van der Waals surface area (Å²) >= 11 is 0. The zero-order chi connectivity index (χ0) is 10.7. The van der Waals surface area contributed by atoms with Gasteiger partial charge in [-0.1, -0.05) is 6.42 Å². The second-order valence-corrected chi connectivity index (χ2v) is 5.13. The number of likely N-dealkylation sites (tertiary alicyclic amines) is 2. The van der Waals surface area contributed by atoms with Gasteiger partial charge < -0.3 is 10.6 Å². The van der Waals surface area contributed by atoms with Crippen molar-refractivity contribution < 1.29 is 0 Å². The van der Waals surface area contributed by atoms with Crippen molar-refractivity contribution in [3.8, 4) is 0 Å². The van der Waals surface area contributed by atoms with Crippen molar-refractivity contribution in [2.24, 2.45) is 5.73 Å². The van der Waals surface area contributed by atoms with Gasteiger partial charge >= 0.3 is 0 Å². The number of hydrogen-bond acceptors (Lipinski definition) is 3. The largest absolute Gasteiger partial charge is 0.329 e. The highest BCUT2D eigenvalue weighted by Crippen LogP contribution is 2.21. The zero-order valence-electron chi connectivity index (χ0n) is 9.99. The van der Waals surface area contributed by atoms with Gasteiger partial charge in [-0.2, -0.15) is 0 Å². The molecule has 2 rings (SSSR count). The monoisotopic (exact) mass is 211 g/mol. The van der Waals surface area contributed by atoms with Crippen LogP contribution in [0.15, 0.2) is 0 Å². The molecular formula is C12H25N3. The molecule has 3 heteroatoms. The molecule has 2 aliphatic heterocycles. The van der Waals surface area contributed by atoms with Crippen LogP contribution in [-0.4, -0.2) is 55.1 Å². The van der Waals surface area contributed by atoms with Crippen LogP contribution in [0.25, 0.3) is 0 Å². The smallest absolute Gasteiger partial charge is 0.0230 e. The maximum atomic E-state index is 5.71. The molecule has 2 heterocycles. The van der Waals surface area contributed by atoms with Crippen LogP contribution in [0.1, 0.15) is 32.1 Å². The topological polar surface area (TPSA) is 32.5 Å². The molecule has 0 amide bonds. The average Bonchev–Trinajstić information content (AvgIpc) is 2.20. The second-order valence-electron chi connectivity index (χ2n) is 5.13. The highest BCUT2D eigenvalue weighted by Gasteiger charge is 2.27. The molecular weight excluding hydrogens is 186 g/mol. The first-order valence-corrected chi connectivity index (χ1v) is 6.45. The Balaban J connectivity index is 1.68. The van der Waals surface area contributed by atoms with Crippen LogP contribution in [0.4, 0.5) is 0 Å². The van der Waals surface area contributed by atoms with E-state index in [9.17, 15) is 0 Å². The Morgan fingerprint density at radius 1 is 1.13 bits per heavy atom. The van der Waals surface area contributed by atoms with Gasteiger partial charge in [0.1, 0.15) is 0 Å². The summed E-state index contributed by atoms with van der Waals surface area (Å²) in [6.07, 6.45) is 6.87. The van der Waals surface area contributed by atoms with Crippen LogP contribution in [0.3, 0.4) is 0 Å². The predicted molar refractivity (Wildman–Crippen MR) is 63.9 cm³/mol. The molecule has 0 bridgehead atoms. The minimum Gasteiger partial charge on any atom is -0.329 e. The molecule has 15 heavy (non-hydrogen) atoms. The van der Waals surface area contributed by atoms with E-state index in [1.165, 1.54) is 51.7 Å². The summed E-state index contributed by atoms with van der Waals surface area (Å²) in [5.74, 6) is 0. The summed E-state index contributed by atoms with van der Waals surface area (Å²) in [6, 6.07) is 1.52. The van der Waals surface area contributed by atoms with Gasteiger partial charge in [0.05, 0.1) is 0 Å². The average molecular weight is 211 g/mol. The molecule has 3 nitrogen and oxygen atoms in total. The minimum atomic E-state index is 0.693. The van der Waals surface area contributed by atoms with Gasteiger partial charge in [-0.15, -0.1) is 0 Å². The summed E-state index contributed by atoms with van der Waals surface area (Å²) < 4.78 is 0. The first-order valence-electron chi connectivity index (χ1n) is 6.45. The summed E-state index contributed by atoms with van der Waals surface area (Å²) in [5.41, 5.74) is 5.71. The van der Waals surface area contributed by atoms with E-state index in [0.29, 0.717) is 6.04 Å². The van der Waals surface area contributed by atoms with Crippen molar-refractivity contribution in [2.75, 3.05) is 33.2 Å². The Morgan fingerprint density at radius 3 is 2.60 bits per heavy atom. The van der Waals surface area contributed by atoms with E-state index in [1.807, 2.05) is 0 Å². The molecule has 2 atom stereocenters. The summed E-state index contributed by atoms with van der Waals surface area (Å²) in [5, 5.41) is 0. The lowest BCUT2D eigenvalue weighted by Gasteiger charge is -2.42. The normalized spacial score (nSPS) is 34.0. The summed E-state index contributed by atoms with van der Waals surface area (Å²) in [7, 11) is 2.28. The number of nitrogens with two attached hydrogens (primary N) is 1. The number of rotatable bonds is 4. The quantitative estimate of drug-likeness (QED) is 0.750. The maximum Gasteiger partial charge on any atom is 0.0230 e. The van der Waals surface area contributed by atoms with Crippen molar-refractivity contribution in [2.45, 2.75) is 44.2 Å². The third-order valence-corrected chi connectivity index (χ3v) is 4.21. The maximum absolute atomic E-state index is 5.71. The SMILES string of the molecule is CN1CCCCC1CCN1CCC1CN.